The lowest BCUT2D eigenvalue weighted by molar-refractivity contribution is -0.134. The third-order valence-electron chi connectivity index (χ3n) is 5.30. The molecule has 1 saturated heterocycles. The molecule has 1 N–H and O–H groups in total. The normalized spacial score (nSPS) is 23.3. The van der Waals surface area contributed by atoms with Crippen LogP contribution in [0.2, 0.25) is 0 Å². The van der Waals surface area contributed by atoms with E-state index in [2.05, 4.69) is 12.1 Å². The predicted molar refractivity (Wildman–Crippen MR) is 114 cm³/mol. The molecular formula is C22H21NO2S2. The molecule has 2 aromatic carbocycles. The average Bonchev–Trinajstić information content (AvgIpc) is 3.20. The van der Waals surface area contributed by atoms with Gasteiger partial charge < -0.3 is 5.11 Å². The second-order valence-electron chi connectivity index (χ2n) is 7.03. The van der Waals surface area contributed by atoms with Gasteiger partial charge in [0.25, 0.3) is 0 Å². The summed E-state index contributed by atoms with van der Waals surface area (Å²) < 4.78 is 0.621. The summed E-state index contributed by atoms with van der Waals surface area (Å²) in [5.74, 6) is -0.670. The Morgan fingerprint density at radius 1 is 1.22 bits per heavy atom. The van der Waals surface area contributed by atoms with Crippen LogP contribution in [0.25, 0.3) is 6.08 Å². The van der Waals surface area contributed by atoms with Gasteiger partial charge in [-0.2, -0.15) is 0 Å². The zero-order valence-corrected chi connectivity index (χ0v) is 16.6. The molecule has 1 fully saturated rings. The largest absolute Gasteiger partial charge is 0.388 e. The van der Waals surface area contributed by atoms with Gasteiger partial charge in [-0.25, -0.2) is 0 Å². The summed E-state index contributed by atoms with van der Waals surface area (Å²) in [4.78, 5) is 14.9. The van der Waals surface area contributed by atoms with Crippen LogP contribution in [-0.2, 0) is 11.2 Å². The van der Waals surface area contributed by atoms with Gasteiger partial charge in [-0.15, -0.1) is 0 Å². The van der Waals surface area contributed by atoms with Gasteiger partial charge >= 0.3 is 0 Å². The summed E-state index contributed by atoms with van der Waals surface area (Å²) in [6.45, 7) is 1.77. The molecule has 0 aromatic heterocycles. The summed E-state index contributed by atoms with van der Waals surface area (Å²) in [6.07, 6.45) is 3.60. The van der Waals surface area contributed by atoms with Crippen molar-refractivity contribution in [3.63, 3.8) is 0 Å². The highest BCUT2D eigenvalue weighted by Crippen LogP contribution is 2.49. The smallest absolute Gasteiger partial charge is 0.234 e. The van der Waals surface area contributed by atoms with Crippen molar-refractivity contribution < 1.29 is 9.90 Å². The molecule has 2 aliphatic rings. The van der Waals surface area contributed by atoms with Crippen molar-refractivity contribution in [1.29, 1.82) is 0 Å². The molecule has 138 valence electrons. The quantitative estimate of drug-likeness (QED) is 0.787. The SMILES string of the molecule is C[C@H](C(=O)N1C(=S)S[C@@H]2Cc3ccccc3C21)[C@H](O)/C=C/c1ccccc1. The van der Waals surface area contributed by atoms with Crippen LogP contribution in [0.5, 0.6) is 0 Å². The number of carbonyl (C=O) groups is 1. The van der Waals surface area contributed by atoms with Gasteiger partial charge in [0.15, 0.2) is 0 Å². The van der Waals surface area contributed by atoms with Crippen LogP contribution >= 0.6 is 24.0 Å². The number of fused-ring (bicyclic) bond motifs is 3. The number of rotatable bonds is 4. The first-order valence-corrected chi connectivity index (χ1v) is 10.4. The molecule has 4 rings (SSSR count). The minimum atomic E-state index is -0.860. The average molecular weight is 396 g/mol. The predicted octanol–water partition coefficient (Wildman–Crippen LogP) is 4.22. The van der Waals surface area contributed by atoms with Crippen LogP contribution in [0, 0.1) is 5.92 Å². The molecule has 5 heteroatoms. The molecule has 0 saturated carbocycles. The summed E-state index contributed by atoms with van der Waals surface area (Å²) in [5, 5.41) is 10.8. The van der Waals surface area contributed by atoms with Gasteiger partial charge in [0.1, 0.15) is 4.32 Å². The molecule has 2 aromatic rings. The molecular weight excluding hydrogens is 374 g/mol. The highest BCUT2D eigenvalue weighted by molar-refractivity contribution is 8.23. The van der Waals surface area contributed by atoms with Crippen molar-refractivity contribution >= 4 is 40.3 Å². The van der Waals surface area contributed by atoms with Crippen LogP contribution in [0.4, 0.5) is 0 Å². The Morgan fingerprint density at radius 2 is 1.93 bits per heavy atom. The molecule has 1 aliphatic heterocycles. The van der Waals surface area contributed by atoms with E-state index in [9.17, 15) is 9.90 Å². The maximum atomic E-state index is 13.2. The maximum Gasteiger partial charge on any atom is 0.234 e. The first-order chi connectivity index (χ1) is 13.1. The number of thiocarbonyl (C=S) groups is 1. The Bertz CT molecular complexity index is 896. The van der Waals surface area contributed by atoms with Gasteiger partial charge in [-0.05, 0) is 23.1 Å². The number of thioether (sulfide) groups is 1. The summed E-state index contributed by atoms with van der Waals surface area (Å²) >= 11 is 7.12. The number of amides is 1. The van der Waals surface area contributed by atoms with E-state index in [0.29, 0.717) is 4.32 Å². The number of benzene rings is 2. The van der Waals surface area contributed by atoms with Gasteiger partial charge in [0.05, 0.1) is 18.1 Å². The van der Waals surface area contributed by atoms with Crippen molar-refractivity contribution in [2.75, 3.05) is 0 Å². The monoisotopic (exact) mass is 395 g/mol. The summed E-state index contributed by atoms with van der Waals surface area (Å²) in [6, 6.07) is 18.0. The summed E-state index contributed by atoms with van der Waals surface area (Å²) in [7, 11) is 0. The van der Waals surface area contributed by atoms with Crippen LogP contribution < -0.4 is 0 Å². The van der Waals surface area contributed by atoms with E-state index in [1.807, 2.05) is 48.5 Å². The first-order valence-electron chi connectivity index (χ1n) is 9.09. The number of nitrogens with zero attached hydrogens (tertiary/aromatic N) is 1. The van der Waals surface area contributed by atoms with Crippen molar-refractivity contribution in [3.05, 3.63) is 77.4 Å². The van der Waals surface area contributed by atoms with E-state index >= 15 is 0 Å². The van der Waals surface area contributed by atoms with Gasteiger partial charge in [-0.3, -0.25) is 9.69 Å². The van der Waals surface area contributed by atoms with Gasteiger partial charge in [-0.1, -0.05) is 97.7 Å². The lowest BCUT2D eigenvalue weighted by Gasteiger charge is -2.28. The van der Waals surface area contributed by atoms with E-state index in [0.717, 1.165) is 12.0 Å². The van der Waals surface area contributed by atoms with Crippen LogP contribution in [-0.4, -0.2) is 31.6 Å². The number of hydrogen-bond acceptors (Lipinski definition) is 4. The highest BCUT2D eigenvalue weighted by Gasteiger charge is 2.48. The first kappa shape index (κ1) is 18.4. The Balaban J connectivity index is 1.53. The fraction of sp³-hybridized carbons (Fsp3) is 0.273. The van der Waals surface area contributed by atoms with E-state index in [4.69, 9.17) is 12.2 Å². The minimum Gasteiger partial charge on any atom is -0.388 e. The zero-order valence-electron chi connectivity index (χ0n) is 15.0. The lowest BCUT2D eigenvalue weighted by Crippen LogP contribution is -2.41. The van der Waals surface area contributed by atoms with Crippen molar-refractivity contribution in [1.82, 2.24) is 4.90 Å². The topological polar surface area (TPSA) is 40.5 Å². The van der Waals surface area contributed by atoms with E-state index in [1.54, 1.807) is 29.7 Å². The summed E-state index contributed by atoms with van der Waals surface area (Å²) in [5.41, 5.74) is 3.47. The standard InChI is InChI=1S/C22H21NO2S2/c1-14(18(24)12-11-15-7-3-2-4-8-15)21(25)23-20-17-10-6-5-9-16(17)13-19(20)27-22(23)26/h2-12,14,18-20,24H,13H2,1H3/b12-11+/t14-,18+,19+,20?/m0/s1. The minimum absolute atomic E-state index is 0.0149. The lowest BCUT2D eigenvalue weighted by atomic mass is 9.99. The third-order valence-corrected chi connectivity index (χ3v) is 6.91. The van der Waals surface area contributed by atoms with E-state index in [-0.39, 0.29) is 17.2 Å². The van der Waals surface area contributed by atoms with Crippen molar-refractivity contribution in [2.24, 2.45) is 5.92 Å². The number of carbonyl (C=O) groups excluding carboxylic acids is 1. The third kappa shape index (κ3) is 3.47. The second kappa shape index (κ2) is 7.58. The van der Waals surface area contributed by atoms with Crippen molar-refractivity contribution in [2.45, 2.75) is 30.7 Å². The Morgan fingerprint density at radius 3 is 2.70 bits per heavy atom. The van der Waals surface area contributed by atoms with E-state index in [1.165, 1.54) is 11.1 Å². The molecule has 1 aliphatic carbocycles. The van der Waals surface area contributed by atoms with Crippen molar-refractivity contribution in [3.8, 4) is 0 Å². The number of hydrogen-bond donors (Lipinski definition) is 1. The molecule has 0 radical (unpaired) electrons. The van der Waals surface area contributed by atoms with Gasteiger partial charge in [0, 0.05) is 5.25 Å². The molecule has 3 nitrogen and oxygen atoms in total. The molecule has 27 heavy (non-hydrogen) atoms. The molecule has 0 spiro atoms. The Kier molecular flexibility index (Phi) is 5.17. The fourth-order valence-corrected chi connectivity index (χ4v) is 5.59. The molecule has 1 unspecified atom stereocenters. The van der Waals surface area contributed by atoms with E-state index < -0.39 is 12.0 Å². The number of aliphatic hydroxyl groups excluding tert-OH is 1. The maximum absolute atomic E-state index is 13.2. The number of aliphatic hydroxyl groups is 1. The molecule has 1 heterocycles. The second-order valence-corrected chi connectivity index (χ2v) is 8.90. The molecule has 4 atom stereocenters. The Hall–Kier alpha value is -1.95. The van der Waals surface area contributed by atoms with Gasteiger partial charge in [0.2, 0.25) is 5.91 Å². The zero-order chi connectivity index (χ0) is 19.0. The van der Waals surface area contributed by atoms with Crippen LogP contribution in [0.15, 0.2) is 60.7 Å². The van der Waals surface area contributed by atoms with Crippen LogP contribution in [0.3, 0.4) is 0 Å². The molecule has 1 amide bonds. The fourth-order valence-electron chi connectivity index (χ4n) is 3.78. The highest BCUT2D eigenvalue weighted by atomic mass is 32.2. The Labute approximate surface area is 169 Å². The molecule has 0 bridgehead atoms. The van der Waals surface area contributed by atoms with Crippen LogP contribution in [0.1, 0.15) is 29.7 Å².